The highest BCUT2D eigenvalue weighted by Gasteiger charge is 2.03. The molecule has 0 amide bonds. The molecule has 0 unspecified atom stereocenters. The van der Waals surface area contributed by atoms with Crippen LogP contribution in [0.4, 0.5) is 0 Å². The average Bonchev–Trinajstić information content (AvgIpc) is 3.19. The number of rotatable bonds is 10. The third-order valence-electron chi connectivity index (χ3n) is 4.81. The minimum Gasteiger partial charge on any atom is -0.330 e. The SMILES string of the molecule is C=C/C=C(\C=C/C)c1ccc(CNCCc2cncn2Cc2ccccc2)cc1. The fraction of sp³-hybridized carbons (Fsp3) is 0.192. The Morgan fingerprint density at radius 1 is 1.07 bits per heavy atom. The molecular weight excluding hydrogens is 354 g/mol. The molecular formula is C26H29N3. The van der Waals surface area contributed by atoms with Gasteiger partial charge in [-0.1, -0.05) is 85.5 Å². The van der Waals surface area contributed by atoms with E-state index < -0.39 is 0 Å². The zero-order valence-electron chi connectivity index (χ0n) is 17.1. The summed E-state index contributed by atoms with van der Waals surface area (Å²) >= 11 is 0. The van der Waals surface area contributed by atoms with Crippen LogP contribution < -0.4 is 5.32 Å². The van der Waals surface area contributed by atoms with Gasteiger partial charge in [0.05, 0.1) is 6.33 Å². The number of aromatic nitrogens is 2. The Morgan fingerprint density at radius 3 is 2.59 bits per heavy atom. The summed E-state index contributed by atoms with van der Waals surface area (Å²) in [4.78, 5) is 4.33. The number of hydrogen-bond donors (Lipinski definition) is 1. The zero-order valence-corrected chi connectivity index (χ0v) is 17.1. The molecule has 0 saturated carbocycles. The maximum atomic E-state index is 4.33. The van der Waals surface area contributed by atoms with Gasteiger partial charge in [-0.05, 0) is 29.2 Å². The summed E-state index contributed by atoms with van der Waals surface area (Å²) in [5.74, 6) is 0. The Kier molecular flexibility index (Phi) is 7.79. The minimum absolute atomic E-state index is 0.858. The summed E-state index contributed by atoms with van der Waals surface area (Å²) in [6, 6.07) is 19.2. The van der Waals surface area contributed by atoms with Crippen molar-refractivity contribution >= 4 is 5.57 Å². The van der Waals surface area contributed by atoms with Crippen LogP contribution in [0.3, 0.4) is 0 Å². The first-order chi connectivity index (χ1) is 14.3. The van der Waals surface area contributed by atoms with Crippen molar-refractivity contribution < 1.29 is 0 Å². The van der Waals surface area contributed by atoms with E-state index in [4.69, 9.17) is 0 Å². The average molecular weight is 384 g/mol. The Morgan fingerprint density at radius 2 is 1.86 bits per heavy atom. The van der Waals surface area contributed by atoms with Gasteiger partial charge < -0.3 is 9.88 Å². The van der Waals surface area contributed by atoms with Crippen LogP contribution in [-0.4, -0.2) is 16.1 Å². The molecule has 0 aliphatic carbocycles. The summed E-state index contributed by atoms with van der Waals surface area (Å²) in [5, 5.41) is 3.54. The van der Waals surface area contributed by atoms with Crippen LogP contribution in [0.15, 0.2) is 98.0 Å². The first-order valence-corrected chi connectivity index (χ1v) is 10.1. The fourth-order valence-corrected chi connectivity index (χ4v) is 3.30. The largest absolute Gasteiger partial charge is 0.330 e. The lowest BCUT2D eigenvalue weighted by molar-refractivity contribution is 0.652. The van der Waals surface area contributed by atoms with Crippen LogP contribution in [0.25, 0.3) is 5.57 Å². The molecule has 1 heterocycles. The third kappa shape index (κ3) is 6.16. The molecule has 29 heavy (non-hydrogen) atoms. The second-order valence-electron chi connectivity index (χ2n) is 6.98. The van der Waals surface area contributed by atoms with Gasteiger partial charge in [0.15, 0.2) is 0 Å². The van der Waals surface area contributed by atoms with Crippen molar-refractivity contribution in [3.05, 3.63) is 120 Å². The summed E-state index contributed by atoms with van der Waals surface area (Å²) < 4.78 is 2.22. The van der Waals surface area contributed by atoms with E-state index in [-0.39, 0.29) is 0 Å². The molecule has 3 aromatic rings. The van der Waals surface area contributed by atoms with Crippen molar-refractivity contribution in [2.24, 2.45) is 0 Å². The Balaban J connectivity index is 1.49. The number of allylic oxidation sites excluding steroid dienone is 5. The molecule has 3 rings (SSSR count). The predicted molar refractivity (Wildman–Crippen MR) is 123 cm³/mol. The molecule has 0 saturated heterocycles. The summed E-state index contributed by atoms with van der Waals surface area (Å²) in [7, 11) is 0. The highest BCUT2D eigenvalue weighted by atomic mass is 15.0. The molecule has 0 fully saturated rings. The van der Waals surface area contributed by atoms with E-state index in [9.17, 15) is 0 Å². The Hall–Kier alpha value is -3.17. The number of nitrogens with one attached hydrogen (secondary N) is 1. The third-order valence-corrected chi connectivity index (χ3v) is 4.81. The van der Waals surface area contributed by atoms with Crippen LogP contribution in [-0.2, 0) is 19.5 Å². The summed E-state index contributed by atoms with van der Waals surface area (Å²) in [6.07, 6.45) is 12.9. The normalized spacial score (nSPS) is 11.8. The smallest absolute Gasteiger partial charge is 0.0951 e. The molecule has 3 nitrogen and oxygen atoms in total. The zero-order chi connectivity index (χ0) is 20.3. The lowest BCUT2D eigenvalue weighted by atomic mass is 10.0. The highest BCUT2D eigenvalue weighted by molar-refractivity contribution is 5.75. The molecule has 0 aliphatic rings. The van der Waals surface area contributed by atoms with Crippen LogP contribution in [0.2, 0.25) is 0 Å². The van der Waals surface area contributed by atoms with E-state index in [1.165, 1.54) is 28.0 Å². The first kappa shape index (κ1) is 20.6. The topological polar surface area (TPSA) is 29.9 Å². The van der Waals surface area contributed by atoms with Crippen LogP contribution in [0.1, 0.15) is 29.3 Å². The van der Waals surface area contributed by atoms with Crippen molar-refractivity contribution in [3.8, 4) is 0 Å². The van der Waals surface area contributed by atoms with Crippen molar-refractivity contribution in [3.63, 3.8) is 0 Å². The van der Waals surface area contributed by atoms with E-state index in [0.717, 1.165) is 26.1 Å². The molecule has 148 valence electrons. The van der Waals surface area contributed by atoms with Gasteiger partial charge in [0.2, 0.25) is 0 Å². The molecule has 0 radical (unpaired) electrons. The fourth-order valence-electron chi connectivity index (χ4n) is 3.30. The molecule has 0 spiro atoms. The molecule has 0 atom stereocenters. The number of imidazole rings is 1. The van der Waals surface area contributed by atoms with Gasteiger partial charge in [-0.3, -0.25) is 0 Å². The monoisotopic (exact) mass is 383 g/mol. The lowest BCUT2D eigenvalue weighted by Crippen LogP contribution is -2.18. The van der Waals surface area contributed by atoms with E-state index in [1.807, 2.05) is 43.7 Å². The predicted octanol–water partition coefficient (Wildman–Crippen LogP) is 5.41. The van der Waals surface area contributed by atoms with Crippen molar-refractivity contribution in [2.45, 2.75) is 26.4 Å². The molecule has 1 N–H and O–H groups in total. The lowest BCUT2D eigenvalue weighted by Gasteiger charge is -2.10. The van der Waals surface area contributed by atoms with E-state index >= 15 is 0 Å². The maximum Gasteiger partial charge on any atom is 0.0951 e. The number of benzene rings is 2. The molecule has 1 aromatic heterocycles. The quantitative estimate of drug-likeness (QED) is 0.375. The van der Waals surface area contributed by atoms with Gasteiger partial charge >= 0.3 is 0 Å². The van der Waals surface area contributed by atoms with Gasteiger partial charge in [-0.15, -0.1) is 0 Å². The molecule has 2 aromatic carbocycles. The number of nitrogens with zero attached hydrogens (tertiary/aromatic N) is 2. The van der Waals surface area contributed by atoms with Crippen LogP contribution >= 0.6 is 0 Å². The van der Waals surface area contributed by atoms with E-state index in [0.29, 0.717) is 0 Å². The number of hydrogen-bond acceptors (Lipinski definition) is 2. The minimum atomic E-state index is 0.858. The second-order valence-corrected chi connectivity index (χ2v) is 6.98. The van der Waals surface area contributed by atoms with Crippen molar-refractivity contribution in [1.29, 1.82) is 0 Å². The summed E-state index contributed by atoms with van der Waals surface area (Å²) in [6.45, 7) is 8.47. The Labute approximate surface area is 174 Å². The van der Waals surface area contributed by atoms with Gasteiger partial charge in [-0.2, -0.15) is 0 Å². The molecule has 0 aliphatic heterocycles. The van der Waals surface area contributed by atoms with Gasteiger partial charge in [-0.25, -0.2) is 4.98 Å². The van der Waals surface area contributed by atoms with E-state index in [1.54, 1.807) is 0 Å². The van der Waals surface area contributed by atoms with Crippen LogP contribution in [0.5, 0.6) is 0 Å². The van der Waals surface area contributed by atoms with Crippen molar-refractivity contribution in [2.75, 3.05) is 6.54 Å². The standard InChI is InChI=1S/C26H29N3/c1-3-8-24(9-4-2)25-14-12-22(13-15-25)18-27-17-16-26-19-28-21-29(26)20-23-10-6-5-7-11-23/h3-15,19,21,27H,1,16-18,20H2,2H3/b9-4-,24-8+. The highest BCUT2D eigenvalue weighted by Crippen LogP contribution is 2.17. The molecule has 3 heteroatoms. The molecule has 0 bridgehead atoms. The van der Waals surface area contributed by atoms with E-state index in [2.05, 4.69) is 76.1 Å². The van der Waals surface area contributed by atoms with Gasteiger partial charge in [0, 0.05) is 37.9 Å². The van der Waals surface area contributed by atoms with Crippen LogP contribution in [0, 0.1) is 0 Å². The maximum absolute atomic E-state index is 4.33. The second kappa shape index (κ2) is 11.0. The van der Waals surface area contributed by atoms with Crippen molar-refractivity contribution in [1.82, 2.24) is 14.9 Å². The summed E-state index contributed by atoms with van der Waals surface area (Å²) in [5.41, 5.74) is 6.21. The van der Waals surface area contributed by atoms with Gasteiger partial charge in [0.1, 0.15) is 0 Å². The Bertz CT molecular complexity index is 947. The first-order valence-electron chi connectivity index (χ1n) is 10.1. The van der Waals surface area contributed by atoms with Gasteiger partial charge in [0.25, 0.3) is 0 Å².